The van der Waals surface area contributed by atoms with Crippen molar-refractivity contribution in [2.24, 2.45) is 0 Å². The second-order valence-electron chi connectivity index (χ2n) is 3.63. The molecule has 0 unspecified atom stereocenters. The van der Waals surface area contributed by atoms with E-state index < -0.39 is 0 Å². The van der Waals surface area contributed by atoms with Crippen LogP contribution in [0.4, 0.5) is 0 Å². The van der Waals surface area contributed by atoms with Crippen LogP contribution >= 0.6 is 15.9 Å². The Hall–Kier alpha value is -0.870. The number of hydrogen-bond acceptors (Lipinski definition) is 2. The third kappa shape index (κ3) is 2.06. The average molecular weight is 268 g/mol. The molecule has 0 aromatic carbocycles. The topological polar surface area (TPSA) is 29.3 Å². The fourth-order valence-electron chi connectivity index (χ4n) is 1.63. The maximum atomic E-state index is 4.51. The van der Waals surface area contributed by atoms with Gasteiger partial charge in [0.2, 0.25) is 0 Å². The predicted molar refractivity (Wildman–Crippen MR) is 65.3 cm³/mol. The first-order valence-corrected chi connectivity index (χ1v) is 5.79. The monoisotopic (exact) mass is 267 g/mol. The molecule has 0 aliphatic rings. The molecule has 0 bridgehead atoms. The van der Waals surface area contributed by atoms with Crippen LogP contribution in [0.25, 0.3) is 5.52 Å². The fraction of sp³-hybridized carbons (Fsp3) is 0.364. The number of nitrogens with zero attached hydrogens (tertiary/aromatic N) is 2. The van der Waals surface area contributed by atoms with Crippen LogP contribution in [0.3, 0.4) is 0 Å². The van der Waals surface area contributed by atoms with Gasteiger partial charge in [0, 0.05) is 19.2 Å². The third-order valence-corrected chi connectivity index (χ3v) is 3.01. The molecule has 0 spiro atoms. The second kappa shape index (κ2) is 4.33. The molecule has 0 saturated heterocycles. The van der Waals surface area contributed by atoms with Crippen molar-refractivity contribution in [2.45, 2.75) is 13.3 Å². The minimum atomic E-state index is 0.928. The van der Waals surface area contributed by atoms with E-state index in [4.69, 9.17) is 0 Å². The average Bonchev–Trinajstić information content (AvgIpc) is 2.53. The Morgan fingerprint density at radius 2 is 2.33 bits per heavy atom. The van der Waals surface area contributed by atoms with Crippen LogP contribution < -0.4 is 5.32 Å². The van der Waals surface area contributed by atoms with Gasteiger partial charge in [-0.3, -0.25) is 0 Å². The van der Waals surface area contributed by atoms with Gasteiger partial charge in [-0.2, -0.15) is 0 Å². The third-order valence-electron chi connectivity index (χ3n) is 2.43. The number of hydrogen-bond donors (Lipinski definition) is 1. The van der Waals surface area contributed by atoms with Crippen molar-refractivity contribution < 1.29 is 0 Å². The Balaban J connectivity index is 2.48. The quantitative estimate of drug-likeness (QED) is 0.924. The van der Waals surface area contributed by atoms with Crippen molar-refractivity contribution in [3.8, 4) is 0 Å². The lowest BCUT2D eigenvalue weighted by Gasteiger charge is -2.01. The molecule has 2 heterocycles. The summed E-state index contributed by atoms with van der Waals surface area (Å²) in [5.41, 5.74) is 2.39. The number of aromatic nitrogens is 2. The summed E-state index contributed by atoms with van der Waals surface area (Å²) in [4.78, 5) is 4.51. The molecule has 2 aromatic rings. The number of fused-ring (bicyclic) bond motifs is 1. The molecule has 0 aliphatic heterocycles. The van der Waals surface area contributed by atoms with E-state index in [0.29, 0.717) is 0 Å². The highest BCUT2D eigenvalue weighted by Crippen LogP contribution is 2.20. The molecule has 1 N–H and O–H groups in total. The molecule has 3 nitrogen and oxygen atoms in total. The molecular weight excluding hydrogens is 254 g/mol. The summed E-state index contributed by atoms with van der Waals surface area (Å²) >= 11 is 3.49. The molecule has 2 rings (SSSR count). The summed E-state index contributed by atoms with van der Waals surface area (Å²) < 4.78 is 3.06. The lowest BCUT2D eigenvalue weighted by atomic mass is 10.3. The summed E-state index contributed by atoms with van der Waals surface area (Å²) in [6, 6.07) is 4.24. The van der Waals surface area contributed by atoms with E-state index in [1.165, 1.54) is 5.56 Å². The first-order valence-electron chi connectivity index (χ1n) is 5.00. The largest absolute Gasteiger partial charge is 0.319 e. The lowest BCUT2D eigenvalue weighted by Crippen LogP contribution is -2.12. The Labute approximate surface area is 97.6 Å². The van der Waals surface area contributed by atoms with Gasteiger partial charge >= 0.3 is 0 Å². The molecule has 0 aliphatic carbocycles. The molecule has 0 atom stereocenters. The smallest absolute Gasteiger partial charge is 0.132 e. The summed E-state index contributed by atoms with van der Waals surface area (Å²) in [5.74, 6) is 1.09. The number of rotatable bonds is 3. The number of halogens is 1. The highest BCUT2D eigenvalue weighted by Gasteiger charge is 2.07. The van der Waals surface area contributed by atoms with Gasteiger partial charge in [-0.25, -0.2) is 4.98 Å². The van der Waals surface area contributed by atoms with Crippen molar-refractivity contribution in [3.05, 3.63) is 34.3 Å². The van der Waals surface area contributed by atoms with Crippen LogP contribution in [0, 0.1) is 6.92 Å². The van der Waals surface area contributed by atoms with E-state index >= 15 is 0 Å². The van der Waals surface area contributed by atoms with E-state index in [1.54, 1.807) is 0 Å². The van der Waals surface area contributed by atoms with Gasteiger partial charge in [0.25, 0.3) is 0 Å². The standard InChI is InChI=1S/C11H14BrN3/c1-8-4-6-15-9(7-8)11(12)14-10(15)3-5-13-2/h4,6-7,13H,3,5H2,1-2H3. The fourth-order valence-corrected chi connectivity index (χ4v) is 2.14. The SMILES string of the molecule is CNCCc1nc(Br)c2cc(C)ccn12. The molecule has 0 fully saturated rings. The number of nitrogens with one attached hydrogen (secondary N) is 1. The molecular formula is C11H14BrN3. The van der Waals surface area contributed by atoms with Crippen molar-refractivity contribution in [1.29, 1.82) is 0 Å². The summed E-state index contributed by atoms with van der Waals surface area (Å²) in [6.07, 6.45) is 3.01. The Kier molecular flexibility index (Phi) is 3.07. The van der Waals surface area contributed by atoms with Gasteiger partial charge in [-0.15, -0.1) is 0 Å². The van der Waals surface area contributed by atoms with Gasteiger partial charge < -0.3 is 9.72 Å². The highest BCUT2D eigenvalue weighted by atomic mass is 79.9. The van der Waals surface area contributed by atoms with E-state index in [2.05, 4.69) is 55.9 Å². The van der Waals surface area contributed by atoms with Crippen LogP contribution in [-0.4, -0.2) is 23.0 Å². The molecule has 80 valence electrons. The van der Waals surface area contributed by atoms with Gasteiger partial charge in [-0.1, -0.05) is 0 Å². The molecule has 2 aromatic heterocycles. The Bertz CT molecular complexity index is 476. The molecule has 15 heavy (non-hydrogen) atoms. The summed E-state index contributed by atoms with van der Waals surface area (Å²) in [6.45, 7) is 3.03. The van der Waals surface area contributed by atoms with Gasteiger partial charge in [-0.05, 0) is 47.6 Å². The predicted octanol–water partition coefficient (Wildman–Crippen LogP) is 2.17. The van der Waals surface area contributed by atoms with E-state index in [9.17, 15) is 0 Å². The van der Waals surface area contributed by atoms with Gasteiger partial charge in [0.1, 0.15) is 10.4 Å². The zero-order valence-electron chi connectivity index (χ0n) is 8.92. The minimum absolute atomic E-state index is 0.928. The summed E-state index contributed by atoms with van der Waals surface area (Å²) in [7, 11) is 1.95. The van der Waals surface area contributed by atoms with Crippen LogP contribution in [0.1, 0.15) is 11.4 Å². The number of pyridine rings is 1. The van der Waals surface area contributed by atoms with Crippen LogP contribution in [0.2, 0.25) is 0 Å². The number of likely N-dealkylation sites (N-methyl/N-ethyl adjacent to an activating group) is 1. The van der Waals surface area contributed by atoms with Crippen LogP contribution in [0.5, 0.6) is 0 Å². The van der Waals surface area contributed by atoms with Crippen molar-refractivity contribution >= 4 is 21.4 Å². The van der Waals surface area contributed by atoms with E-state index in [0.717, 1.165) is 28.9 Å². The highest BCUT2D eigenvalue weighted by molar-refractivity contribution is 9.10. The van der Waals surface area contributed by atoms with Gasteiger partial charge in [0.05, 0.1) is 5.52 Å². The molecule has 4 heteroatoms. The van der Waals surface area contributed by atoms with Crippen LogP contribution in [0.15, 0.2) is 22.9 Å². The number of aryl methyl sites for hydroxylation is 1. The zero-order chi connectivity index (χ0) is 10.8. The maximum absolute atomic E-state index is 4.51. The first kappa shape index (κ1) is 10.6. The molecule has 0 saturated carbocycles. The summed E-state index contributed by atoms with van der Waals surface area (Å²) in [5, 5.41) is 3.13. The molecule has 0 amide bonds. The minimum Gasteiger partial charge on any atom is -0.319 e. The van der Waals surface area contributed by atoms with Crippen molar-refractivity contribution in [3.63, 3.8) is 0 Å². The van der Waals surface area contributed by atoms with Crippen LogP contribution in [-0.2, 0) is 6.42 Å². The van der Waals surface area contributed by atoms with E-state index in [-0.39, 0.29) is 0 Å². The van der Waals surface area contributed by atoms with Gasteiger partial charge in [0.15, 0.2) is 0 Å². The normalized spacial score (nSPS) is 11.1. The van der Waals surface area contributed by atoms with E-state index in [1.807, 2.05) is 7.05 Å². The molecule has 0 radical (unpaired) electrons. The Morgan fingerprint density at radius 3 is 3.07 bits per heavy atom. The van der Waals surface area contributed by atoms with Crippen molar-refractivity contribution in [2.75, 3.05) is 13.6 Å². The maximum Gasteiger partial charge on any atom is 0.132 e. The number of imidazole rings is 1. The van der Waals surface area contributed by atoms with Crippen molar-refractivity contribution in [1.82, 2.24) is 14.7 Å². The zero-order valence-corrected chi connectivity index (χ0v) is 10.5. The second-order valence-corrected chi connectivity index (χ2v) is 4.38. The first-order chi connectivity index (χ1) is 7.22. The Morgan fingerprint density at radius 1 is 1.53 bits per heavy atom. The lowest BCUT2D eigenvalue weighted by molar-refractivity contribution is 0.752.